The molecule has 0 bridgehead atoms. The number of aromatic nitrogens is 2. The molecular weight excluding hydrogens is 488 g/mol. The van der Waals surface area contributed by atoms with Gasteiger partial charge in [0.2, 0.25) is 0 Å². The molecule has 2 heterocycles. The molecule has 0 saturated heterocycles. The van der Waals surface area contributed by atoms with Crippen LogP contribution >= 0.6 is 0 Å². The Hall–Kier alpha value is -5.02. The number of rotatable bonds is 2. The van der Waals surface area contributed by atoms with Crippen LogP contribution in [0.1, 0.15) is 16.7 Å². The Labute approximate surface area is 231 Å². The van der Waals surface area contributed by atoms with Crippen molar-refractivity contribution >= 4 is 54.5 Å². The zero-order valence-electron chi connectivity index (χ0n) is 22.6. The first kappa shape index (κ1) is 22.9. The molecule has 0 aliphatic carbocycles. The van der Waals surface area contributed by atoms with E-state index in [0.717, 1.165) is 66.3 Å². The van der Waals surface area contributed by atoms with Crippen LogP contribution in [-0.4, -0.2) is 9.97 Å². The van der Waals surface area contributed by atoms with Crippen LogP contribution in [0.3, 0.4) is 0 Å². The van der Waals surface area contributed by atoms with Gasteiger partial charge < -0.3 is 4.42 Å². The van der Waals surface area contributed by atoms with Crippen LogP contribution in [0.25, 0.3) is 76.9 Å². The second-order valence-corrected chi connectivity index (χ2v) is 10.9. The second-order valence-electron chi connectivity index (χ2n) is 10.9. The van der Waals surface area contributed by atoms with Gasteiger partial charge in [-0.2, -0.15) is 0 Å². The average molecular weight is 515 g/mol. The minimum atomic E-state index is 0.856. The largest absolute Gasteiger partial charge is 0.455 e. The maximum absolute atomic E-state index is 6.54. The number of nitrogens with zero attached hydrogens (tertiary/aromatic N) is 2. The van der Waals surface area contributed by atoms with Crippen LogP contribution in [0.15, 0.2) is 108 Å². The van der Waals surface area contributed by atoms with E-state index in [2.05, 4.69) is 118 Å². The fraction of sp³-hybridized carbons (Fsp3) is 0.0811. The summed E-state index contributed by atoms with van der Waals surface area (Å²) in [6, 6.07) is 34.4. The van der Waals surface area contributed by atoms with Gasteiger partial charge in [0.25, 0.3) is 0 Å². The number of aryl methyl sites for hydroxylation is 3. The molecule has 8 aromatic rings. The lowest BCUT2D eigenvalue weighted by molar-refractivity contribution is 0.666. The summed E-state index contributed by atoms with van der Waals surface area (Å²) < 4.78 is 6.54. The molecule has 0 saturated carbocycles. The van der Waals surface area contributed by atoms with E-state index in [-0.39, 0.29) is 0 Å². The third-order valence-corrected chi connectivity index (χ3v) is 8.04. The van der Waals surface area contributed by atoms with Crippen molar-refractivity contribution in [1.82, 2.24) is 9.97 Å². The van der Waals surface area contributed by atoms with Gasteiger partial charge in [-0.1, -0.05) is 72.8 Å². The molecule has 0 atom stereocenters. The molecule has 0 radical (unpaired) electrons. The van der Waals surface area contributed by atoms with Gasteiger partial charge in [0.05, 0.1) is 22.9 Å². The van der Waals surface area contributed by atoms with Gasteiger partial charge in [0.1, 0.15) is 11.2 Å². The molecule has 0 unspecified atom stereocenters. The molecule has 0 aliphatic rings. The molecule has 3 nitrogen and oxygen atoms in total. The maximum Gasteiger partial charge on any atom is 0.143 e. The topological polar surface area (TPSA) is 38.9 Å². The average Bonchev–Trinajstić information content (AvgIpc) is 3.35. The molecule has 0 fully saturated rings. The van der Waals surface area contributed by atoms with Crippen LogP contribution in [0.4, 0.5) is 0 Å². The molecule has 3 heteroatoms. The quantitative estimate of drug-likeness (QED) is 0.215. The van der Waals surface area contributed by atoms with Crippen LogP contribution in [0.5, 0.6) is 0 Å². The Morgan fingerprint density at radius 3 is 1.90 bits per heavy atom. The van der Waals surface area contributed by atoms with Crippen LogP contribution in [0, 0.1) is 20.8 Å². The number of fused-ring (bicyclic) bond motifs is 9. The van der Waals surface area contributed by atoms with Gasteiger partial charge in [0, 0.05) is 32.7 Å². The second kappa shape index (κ2) is 8.49. The molecule has 0 aliphatic heterocycles. The van der Waals surface area contributed by atoms with E-state index < -0.39 is 0 Å². The Morgan fingerprint density at radius 1 is 0.525 bits per heavy atom. The van der Waals surface area contributed by atoms with Gasteiger partial charge in [-0.25, -0.2) is 4.98 Å². The molecule has 40 heavy (non-hydrogen) atoms. The summed E-state index contributed by atoms with van der Waals surface area (Å²) in [6.45, 7) is 6.41. The maximum atomic E-state index is 6.54. The lowest BCUT2D eigenvalue weighted by atomic mass is 9.97. The first-order chi connectivity index (χ1) is 19.5. The van der Waals surface area contributed by atoms with Crippen molar-refractivity contribution < 1.29 is 4.42 Å². The molecule has 0 N–H and O–H groups in total. The zero-order chi connectivity index (χ0) is 27.0. The summed E-state index contributed by atoms with van der Waals surface area (Å²) in [6.07, 6.45) is 1.90. The van der Waals surface area contributed by atoms with Gasteiger partial charge in [-0.05, 0) is 78.1 Å². The van der Waals surface area contributed by atoms with E-state index in [4.69, 9.17) is 14.4 Å². The van der Waals surface area contributed by atoms with E-state index in [1.807, 2.05) is 6.20 Å². The molecule has 190 valence electrons. The van der Waals surface area contributed by atoms with Crippen molar-refractivity contribution in [3.63, 3.8) is 0 Å². The third kappa shape index (κ3) is 3.37. The zero-order valence-corrected chi connectivity index (χ0v) is 22.6. The van der Waals surface area contributed by atoms with E-state index in [9.17, 15) is 0 Å². The first-order valence-corrected chi connectivity index (χ1v) is 13.7. The fourth-order valence-corrected chi connectivity index (χ4v) is 6.30. The highest BCUT2D eigenvalue weighted by molar-refractivity contribution is 6.23. The van der Waals surface area contributed by atoms with Crippen molar-refractivity contribution in [1.29, 1.82) is 0 Å². The Kier molecular flexibility index (Phi) is 4.86. The summed E-state index contributed by atoms with van der Waals surface area (Å²) in [5.41, 5.74) is 11.4. The molecule has 6 aromatic carbocycles. The third-order valence-electron chi connectivity index (χ3n) is 8.04. The van der Waals surface area contributed by atoms with E-state index in [1.165, 1.54) is 27.3 Å². The highest BCUT2D eigenvalue weighted by Crippen LogP contribution is 2.40. The number of benzene rings is 6. The number of hydrogen-bond acceptors (Lipinski definition) is 3. The Bertz CT molecular complexity index is 2270. The molecule has 0 amide bonds. The van der Waals surface area contributed by atoms with Gasteiger partial charge in [-0.3, -0.25) is 4.98 Å². The predicted molar refractivity (Wildman–Crippen MR) is 167 cm³/mol. The van der Waals surface area contributed by atoms with E-state index >= 15 is 0 Å². The summed E-state index contributed by atoms with van der Waals surface area (Å²) in [7, 11) is 0. The van der Waals surface area contributed by atoms with Crippen LogP contribution in [-0.2, 0) is 0 Å². The van der Waals surface area contributed by atoms with Crippen LogP contribution in [0.2, 0.25) is 0 Å². The molecule has 0 spiro atoms. The summed E-state index contributed by atoms with van der Waals surface area (Å²) in [5, 5.41) is 6.98. The summed E-state index contributed by atoms with van der Waals surface area (Å²) >= 11 is 0. The van der Waals surface area contributed by atoms with Crippen molar-refractivity contribution in [2.75, 3.05) is 0 Å². The lowest BCUT2D eigenvalue weighted by Crippen LogP contribution is -1.92. The van der Waals surface area contributed by atoms with Gasteiger partial charge in [-0.15, -0.1) is 0 Å². The summed E-state index contributed by atoms with van der Waals surface area (Å²) in [4.78, 5) is 10.2. The standard InChI is InChI=1S/C37H26N2O/c1-21-15-23(3)36-31(17-21)32-18-22(2)16-30(37(32)40-36)24-9-8-10-25(19-24)33-20-38-34-28-13-6-4-11-26(28)27-12-5-7-14-29(27)35(34)39-33/h4-20H,1-3H3. The molecular formula is C37H26N2O. The smallest absolute Gasteiger partial charge is 0.143 e. The van der Waals surface area contributed by atoms with Crippen molar-refractivity contribution in [2.24, 2.45) is 0 Å². The van der Waals surface area contributed by atoms with Gasteiger partial charge >= 0.3 is 0 Å². The summed E-state index contributed by atoms with van der Waals surface area (Å²) in [5.74, 6) is 0. The van der Waals surface area contributed by atoms with Crippen molar-refractivity contribution in [3.8, 4) is 22.4 Å². The normalized spacial score (nSPS) is 11.9. The Balaban J connectivity index is 1.35. The SMILES string of the molecule is Cc1cc(C)c2oc3c(-c4cccc(-c5cnc6c7ccccc7c7ccccc7c6n5)c4)cc(C)cc3c2c1. The highest BCUT2D eigenvalue weighted by atomic mass is 16.3. The number of furan rings is 1. The minimum Gasteiger partial charge on any atom is -0.455 e. The van der Waals surface area contributed by atoms with Crippen molar-refractivity contribution in [3.05, 3.63) is 120 Å². The van der Waals surface area contributed by atoms with Gasteiger partial charge in [0.15, 0.2) is 0 Å². The first-order valence-electron chi connectivity index (χ1n) is 13.7. The van der Waals surface area contributed by atoms with E-state index in [0.29, 0.717) is 0 Å². The van der Waals surface area contributed by atoms with E-state index in [1.54, 1.807) is 0 Å². The Morgan fingerprint density at radius 2 is 1.15 bits per heavy atom. The monoisotopic (exact) mass is 514 g/mol. The van der Waals surface area contributed by atoms with Crippen LogP contribution < -0.4 is 0 Å². The highest BCUT2D eigenvalue weighted by Gasteiger charge is 2.17. The lowest BCUT2D eigenvalue weighted by Gasteiger charge is -2.11. The van der Waals surface area contributed by atoms with Crippen molar-refractivity contribution in [2.45, 2.75) is 20.8 Å². The number of hydrogen-bond donors (Lipinski definition) is 0. The molecule has 8 rings (SSSR count). The fourth-order valence-electron chi connectivity index (χ4n) is 6.30. The predicted octanol–water partition coefficient (Wildman–Crippen LogP) is 10.1. The minimum absolute atomic E-state index is 0.856. The molecule has 2 aromatic heterocycles.